The molecule has 138 valence electrons. The smallest absolute Gasteiger partial charge is 0.0808 e. The van der Waals surface area contributed by atoms with Gasteiger partial charge in [0, 0.05) is 48.0 Å². The zero-order valence-corrected chi connectivity index (χ0v) is 16.7. The topological polar surface area (TPSA) is 50.5 Å². The van der Waals surface area contributed by atoms with Crippen LogP contribution in [0.3, 0.4) is 0 Å². The van der Waals surface area contributed by atoms with Gasteiger partial charge in [0.25, 0.3) is 0 Å². The van der Waals surface area contributed by atoms with E-state index in [1.807, 2.05) is 37.0 Å². The minimum absolute atomic E-state index is 0.299. The fourth-order valence-electron chi connectivity index (χ4n) is 2.04. The summed E-state index contributed by atoms with van der Waals surface area (Å²) in [7, 11) is 0. The summed E-state index contributed by atoms with van der Waals surface area (Å²) in [5.74, 6) is 1.06. The van der Waals surface area contributed by atoms with Crippen LogP contribution in [0.1, 0.15) is 52.9 Å². The summed E-state index contributed by atoms with van der Waals surface area (Å²) >= 11 is 0. The number of hydrogen-bond acceptors (Lipinski definition) is 4. The van der Waals surface area contributed by atoms with Crippen LogP contribution in [0.25, 0.3) is 11.1 Å². The van der Waals surface area contributed by atoms with Gasteiger partial charge in [-0.3, -0.25) is 20.0 Å². The minimum Gasteiger partial charge on any atom is -0.288 e. The zero-order chi connectivity index (χ0) is 19.1. The van der Waals surface area contributed by atoms with E-state index in [9.17, 15) is 0 Å². The first-order chi connectivity index (χ1) is 12.4. The third-order valence-corrected chi connectivity index (χ3v) is 4.72. The molecule has 0 aliphatic heterocycles. The summed E-state index contributed by atoms with van der Waals surface area (Å²) in [4.78, 5) is 18.0. The summed E-state index contributed by atoms with van der Waals surface area (Å²) in [6.45, 7) is 12.9. The SMILES string of the molecule is CC(C)[C@H](C)N=Cc1ccc(-c2ccc(C=N[C@@H](C)C(C)C)nc2)cn1. The van der Waals surface area contributed by atoms with Gasteiger partial charge in [-0.25, -0.2) is 0 Å². The van der Waals surface area contributed by atoms with Crippen LogP contribution in [0.15, 0.2) is 46.6 Å². The highest BCUT2D eigenvalue weighted by atomic mass is 14.8. The molecule has 0 fully saturated rings. The Bertz CT molecular complexity index is 662. The van der Waals surface area contributed by atoms with Crippen LogP contribution in [0.5, 0.6) is 0 Å². The Morgan fingerprint density at radius 1 is 0.654 bits per heavy atom. The van der Waals surface area contributed by atoms with Gasteiger partial charge in [-0.1, -0.05) is 39.8 Å². The molecule has 0 aliphatic carbocycles. The molecule has 2 heterocycles. The first kappa shape index (κ1) is 20.0. The predicted octanol–water partition coefficient (Wildman–Crippen LogP) is 5.07. The van der Waals surface area contributed by atoms with Gasteiger partial charge in [-0.15, -0.1) is 0 Å². The van der Waals surface area contributed by atoms with E-state index in [0.29, 0.717) is 23.9 Å². The molecule has 0 saturated heterocycles. The summed E-state index contributed by atoms with van der Waals surface area (Å²) in [6, 6.07) is 8.69. The molecule has 0 bridgehead atoms. The van der Waals surface area contributed by atoms with Crippen molar-refractivity contribution in [2.24, 2.45) is 21.8 Å². The second kappa shape index (κ2) is 9.37. The van der Waals surface area contributed by atoms with Gasteiger partial charge in [0.05, 0.1) is 11.4 Å². The van der Waals surface area contributed by atoms with Crippen molar-refractivity contribution < 1.29 is 0 Å². The maximum absolute atomic E-state index is 4.54. The number of rotatable bonds is 7. The van der Waals surface area contributed by atoms with Gasteiger partial charge in [-0.05, 0) is 37.8 Å². The van der Waals surface area contributed by atoms with E-state index in [0.717, 1.165) is 22.5 Å². The van der Waals surface area contributed by atoms with E-state index < -0.39 is 0 Å². The lowest BCUT2D eigenvalue weighted by Gasteiger charge is -2.09. The molecule has 0 spiro atoms. The lowest BCUT2D eigenvalue weighted by Crippen LogP contribution is -2.07. The van der Waals surface area contributed by atoms with Gasteiger partial charge in [0.1, 0.15) is 0 Å². The fourth-order valence-corrected chi connectivity index (χ4v) is 2.04. The molecule has 0 aliphatic rings. The van der Waals surface area contributed by atoms with Gasteiger partial charge >= 0.3 is 0 Å². The second-order valence-electron chi connectivity index (χ2n) is 7.47. The first-order valence-electron chi connectivity index (χ1n) is 9.35. The van der Waals surface area contributed by atoms with Crippen molar-refractivity contribution in [3.63, 3.8) is 0 Å². The fraction of sp³-hybridized carbons (Fsp3) is 0.455. The molecule has 0 radical (unpaired) electrons. The Morgan fingerprint density at radius 2 is 1.04 bits per heavy atom. The molecule has 0 saturated carbocycles. The van der Waals surface area contributed by atoms with E-state index in [1.165, 1.54) is 0 Å². The first-order valence-corrected chi connectivity index (χ1v) is 9.35. The highest BCUT2D eigenvalue weighted by Crippen LogP contribution is 2.17. The predicted molar refractivity (Wildman–Crippen MR) is 111 cm³/mol. The molecule has 0 N–H and O–H groups in total. The van der Waals surface area contributed by atoms with Crippen LogP contribution in [-0.4, -0.2) is 34.5 Å². The molecule has 2 rings (SSSR count). The highest BCUT2D eigenvalue weighted by molar-refractivity contribution is 5.79. The molecular weight excluding hydrogens is 320 g/mol. The summed E-state index contributed by atoms with van der Waals surface area (Å²) in [5, 5.41) is 0. The normalized spacial score (nSPS) is 14.6. The largest absolute Gasteiger partial charge is 0.288 e. The van der Waals surface area contributed by atoms with E-state index in [2.05, 4.69) is 73.6 Å². The average molecular weight is 351 g/mol. The lowest BCUT2D eigenvalue weighted by atomic mass is 10.1. The quantitative estimate of drug-likeness (QED) is 0.655. The number of pyridine rings is 2. The Balaban J connectivity index is 2.05. The number of nitrogens with zero attached hydrogens (tertiary/aromatic N) is 4. The van der Waals surface area contributed by atoms with Gasteiger partial charge in [0.15, 0.2) is 0 Å². The van der Waals surface area contributed by atoms with E-state index in [4.69, 9.17) is 0 Å². The lowest BCUT2D eigenvalue weighted by molar-refractivity contribution is 0.533. The third-order valence-electron chi connectivity index (χ3n) is 4.72. The molecule has 0 unspecified atom stereocenters. The van der Waals surface area contributed by atoms with Crippen molar-refractivity contribution in [3.05, 3.63) is 48.0 Å². The number of aromatic nitrogens is 2. The van der Waals surface area contributed by atoms with Crippen molar-refractivity contribution in [1.29, 1.82) is 0 Å². The molecule has 26 heavy (non-hydrogen) atoms. The highest BCUT2D eigenvalue weighted by Gasteiger charge is 2.05. The minimum atomic E-state index is 0.299. The van der Waals surface area contributed by atoms with Crippen LogP contribution in [0.2, 0.25) is 0 Å². The standard InChI is InChI=1S/C22H30N4/c1-15(2)17(5)23-13-21-9-7-19(11-25-21)20-8-10-22(26-12-20)14-24-18(6)16(3)4/h7-18H,1-6H3/t17-,18-/m0/s1. The molecule has 0 amide bonds. The summed E-state index contributed by atoms with van der Waals surface area (Å²) < 4.78 is 0. The van der Waals surface area contributed by atoms with Gasteiger partial charge in [0.2, 0.25) is 0 Å². The van der Waals surface area contributed by atoms with Crippen molar-refractivity contribution in [2.45, 2.75) is 53.6 Å². The number of aliphatic imine (C=N–C) groups is 2. The van der Waals surface area contributed by atoms with Crippen LogP contribution in [0.4, 0.5) is 0 Å². The Morgan fingerprint density at radius 3 is 1.31 bits per heavy atom. The Labute approximate surface area is 157 Å². The molecule has 2 atom stereocenters. The van der Waals surface area contributed by atoms with Crippen LogP contribution < -0.4 is 0 Å². The summed E-state index contributed by atoms with van der Waals surface area (Å²) in [5.41, 5.74) is 3.84. The van der Waals surface area contributed by atoms with Gasteiger partial charge < -0.3 is 0 Å². The molecular formula is C22H30N4. The maximum atomic E-state index is 4.54. The van der Waals surface area contributed by atoms with Crippen molar-refractivity contribution in [3.8, 4) is 11.1 Å². The monoisotopic (exact) mass is 350 g/mol. The van der Waals surface area contributed by atoms with Crippen molar-refractivity contribution in [1.82, 2.24) is 9.97 Å². The van der Waals surface area contributed by atoms with Crippen LogP contribution in [-0.2, 0) is 0 Å². The van der Waals surface area contributed by atoms with Crippen LogP contribution >= 0.6 is 0 Å². The van der Waals surface area contributed by atoms with Crippen LogP contribution in [0, 0.1) is 11.8 Å². The Hall–Kier alpha value is -2.36. The van der Waals surface area contributed by atoms with Crippen molar-refractivity contribution >= 4 is 12.4 Å². The maximum Gasteiger partial charge on any atom is 0.0808 e. The zero-order valence-electron chi connectivity index (χ0n) is 16.7. The number of hydrogen-bond donors (Lipinski definition) is 0. The molecule has 4 heteroatoms. The molecule has 4 nitrogen and oxygen atoms in total. The molecule has 0 aromatic carbocycles. The second-order valence-corrected chi connectivity index (χ2v) is 7.47. The summed E-state index contributed by atoms with van der Waals surface area (Å²) in [6.07, 6.45) is 7.43. The molecule has 2 aromatic heterocycles. The molecule has 2 aromatic rings. The van der Waals surface area contributed by atoms with Crippen molar-refractivity contribution in [2.75, 3.05) is 0 Å². The Kier molecular flexibility index (Phi) is 7.19. The third kappa shape index (κ3) is 5.87. The van der Waals surface area contributed by atoms with E-state index in [-0.39, 0.29) is 0 Å². The average Bonchev–Trinajstić information content (AvgIpc) is 2.64. The van der Waals surface area contributed by atoms with E-state index >= 15 is 0 Å². The van der Waals surface area contributed by atoms with E-state index in [1.54, 1.807) is 0 Å². The van der Waals surface area contributed by atoms with Gasteiger partial charge in [-0.2, -0.15) is 0 Å².